The first-order valence-corrected chi connectivity index (χ1v) is 3.58. The molecule has 62 valence electrons. The summed E-state index contributed by atoms with van der Waals surface area (Å²) in [5.74, 6) is 0. The van der Waals surface area contributed by atoms with Crippen LogP contribution in [0.3, 0.4) is 0 Å². The molecule has 0 aliphatic carbocycles. The van der Waals surface area contributed by atoms with E-state index in [0.717, 1.165) is 12.8 Å². The van der Waals surface area contributed by atoms with Crippen LogP contribution < -0.4 is 22.9 Å². The van der Waals surface area contributed by atoms with E-state index in [1.165, 1.54) is 0 Å². The highest BCUT2D eigenvalue weighted by Crippen LogP contribution is 2.01. The molecule has 0 heterocycles. The maximum Gasteiger partial charge on any atom is 0.0918 e. The molecule has 0 rings (SSSR count). The van der Waals surface area contributed by atoms with Crippen molar-refractivity contribution >= 4 is 0 Å². The van der Waals surface area contributed by atoms with Crippen molar-refractivity contribution in [2.24, 2.45) is 22.9 Å². The molecule has 0 radical (unpaired) electrons. The Bertz CT molecular complexity index is 91.7. The molecule has 0 aromatic rings. The fraction of sp³-hybridized carbons (Fsp3) is 1.00. The predicted molar refractivity (Wildman–Crippen MR) is 43.0 cm³/mol. The Labute approximate surface area is 61.9 Å². The molecular weight excluding hydrogens is 128 g/mol. The van der Waals surface area contributed by atoms with Crippen molar-refractivity contribution < 1.29 is 0 Å². The molecule has 4 heteroatoms. The Balaban J connectivity index is 3.78. The van der Waals surface area contributed by atoms with Gasteiger partial charge in [-0.15, -0.1) is 0 Å². The quantitative estimate of drug-likeness (QED) is 0.369. The first kappa shape index (κ1) is 9.84. The van der Waals surface area contributed by atoms with Crippen LogP contribution in [0, 0.1) is 0 Å². The van der Waals surface area contributed by atoms with Gasteiger partial charge in [-0.3, -0.25) is 0 Å². The summed E-state index contributed by atoms with van der Waals surface area (Å²) in [6.07, 6.45) is 1.81. The van der Waals surface area contributed by atoms with Crippen LogP contribution >= 0.6 is 0 Å². The van der Waals surface area contributed by atoms with E-state index in [0.29, 0.717) is 0 Å². The molecule has 10 heavy (non-hydrogen) atoms. The van der Waals surface area contributed by atoms with Gasteiger partial charge < -0.3 is 22.9 Å². The zero-order valence-electron chi connectivity index (χ0n) is 6.51. The summed E-state index contributed by atoms with van der Waals surface area (Å²) in [5, 5.41) is 0. The lowest BCUT2D eigenvalue weighted by Gasteiger charge is -2.29. The molecule has 0 aliphatic rings. The van der Waals surface area contributed by atoms with Crippen LogP contribution in [0.1, 0.15) is 19.8 Å². The number of rotatable bonds is 4. The fourth-order valence-electron chi connectivity index (χ4n) is 0.731. The molecule has 1 unspecified atom stereocenters. The van der Waals surface area contributed by atoms with Gasteiger partial charge in [-0.25, -0.2) is 0 Å². The van der Waals surface area contributed by atoms with E-state index in [1.54, 1.807) is 0 Å². The van der Waals surface area contributed by atoms with E-state index >= 15 is 0 Å². The normalized spacial score (nSPS) is 15.3. The van der Waals surface area contributed by atoms with Gasteiger partial charge in [0.1, 0.15) is 0 Å². The molecule has 0 fully saturated rings. The van der Waals surface area contributed by atoms with Crippen molar-refractivity contribution in [1.29, 1.82) is 0 Å². The fourth-order valence-corrected chi connectivity index (χ4v) is 0.731. The van der Waals surface area contributed by atoms with Crippen LogP contribution in [0.5, 0.6) is 0 Å². The van der Waals surface area contributed by atoms with Crippen LogP contribution in [-0.4, -0.2) is 18.2 Å². The van der Waals surface area contributed by atoms with E-state index in [1.807, 2.05) is 6.92 Å². The molecule has 8 N–H and O–H groups in total. The van der Waals surface area contributed by atoms with E-state index in [2.05, 4.69) is 0 Å². The average molecular weight is 146 g/mol. The van der Waals surface area contributed by atoms with Crippen LogP contribution in [0.15, 0.2) is 0 Å². The number of nitrogens with two attached hydrogens (primary N) is 4. The number of hydrogen-bond acceptors (Lipinski definition) is 4. The predicted octanol–water partition coefficient (Wildman–Crippen LogP) is -1.31. The Hall–Kier alpha value is -0.160. The van der Waals surface area contributed by atoms with Gasteiger partial charge in [-0.05, 0) is 6.42 Å². The molecule has 0 aliphatic heterocycles. The zero-order valence-corrected chi connectivity index (χ0v) is 6.51. The summed E-state index contributed by atoms with van der Waals surface area (Å²) in [4.78, 5) is 0. The van der Waals surface area contributed by atoms with Crippen LogP contribution in [0.4, 0.5) is 0 Å². The second-order valence-electron chi connectivity index (χ2n) is 2.71. The third kappa shape index (κ3) is 2.62. The van der Waals surface area contributed by atoms with Crippen LogP contribution in [-0.2, 0) is 0 Å². The highest BCUT2D eigenvalue weighted by atomic mass is 15.0. The molecule has 0 aromatic heterocycles. The summed E-state index contributed by atoms with van der Waals surface area (Å²) < 4.78 is 0. The monoisotopic (exact) mass is 146 g/mol. The first-order valence-electron chi connectivity index (χ1n) is 3.58. The summed E-state index contributed by atoms with van der Waals surface area (Å²) >= 11 is 0. The van der Waals surface area contributed by atoms with Crippen molar-refractivity contribution in [3.8, 4) is 0 Å². The summed E-state index contributed by atoms with van der Waals surface area (Å²) in [5.41, 5.74) is 21.2. The molecule has 4 nitrogen and oxygen atoms in total. The minimum atomic E-state index is -0.893. The molecular formula is C6H18N4. The standard InChI is InChI=1S/C6H18N4/c1-2-3-5(8)6(9,10)4-7/h5H,2-4,7-10H2,1H3. The molecule has 0 saturated carbocycles. The Morgan fingerprint density at radius 3 is 2.20 bits per heavy atom. The molecule has 0 spiro atoms. The third-order valence-corrected chi connectivity index (χ3v) is 1.64. The van der Waals surface area contributed by atoms with Gasteiger partial charge in [0.05, 0.1) is 5.66 Å². The molecule has 1 atom stereocenters. The summed E-state index contributed by atoms with van der Waals surface area (Å²) in [7, 11) is 0. The van der Waals surface area contributed by atoms with Crippen molar-refractivity contribution in [1.82, 2.24) is 0 Å². The van der Waals surface area contributed by atoms with Crippen molar-refractivity contribution in [3.63, 3.8) is 0 Å². The topological polar surface area (TPSA) is 104 Å². The van der Waals surface area contributed by atoms with E-state index in [4.69, 9.17) is 22.9 Å². The molecule has 0 aromatic carbocycles. The highest BCUT2D eigenvalue weighted by Gasteiger charge is 2.24. The molecule has 0 amide bonds. The maximum atomic E-state index is 5.64. The van der Waals surface area contributed by atoms with Gasteiger partial charge >= 0.3 is 0 Å². The van der Waals surface area contributed by atoms with Gasteiger partial charge in [-0.2, -0.15) is 0 Å². The smallest absolute Gasteiger partial charge is 0.0918 e. The highest BCUT2D eigenvalue weighted by molar-refractivity contribution is 4.88. The Morgan fingerprint density at radius 2 is 1.90 bits per heavy atom. The van der Waals surface area contributed by atoms with Crippen molar-refractivity contribution in [2.45, 2.75) is 31.5 Å². The zero-order chi connectivity index (χ0) is 8.20. The minimum Gasteiger partial charge on any atom is -0.327 e. The average Bonchev–Trinajstić information content (AvgIpc) is 1.89. The van der Waals surface area contributed by atoms with Crippen molar-refractivity contribution in [2.75, 3.05) is 6.54 Å². The maximum absolute atomic E-state index is 5.64. The molecule has 0 saturated heterocycles. The van der Waals surface area contributed by atoms with Gasteiger partial charge in [0.2, 0.25) is 0 Å². The van der Waals surface area contributed by atoms with E-state index < -0.39 is 5.66 Å². The SMILES string of the molecule is CCCC(N)C(N)(N)CN. The van der Waals surface area contributed by atoms with Gasteiger partial charge in [0, 0.05) is 12.6 Å². The van der Waals surface area contributed by atoms with Gasteiger partial charge in [0.25, 0.3) is 0 Å². The first-order chi connectivity index (χ1) is 4.54. The largest absolute Gasteiger partial charge is 0.327 e. The summed E-state index contributed by atoms with van der Waals surface area (Å²) in [6, 6.07) is -0.192. The van der Waals surface area contributed by atoms with E-state index in [-0.39, 0.29) is 12.6 Å². The van der Waals surface area contributed by atoms with Crippen LogP contribution in [0.25, 0.3) is 0 Å². The van der Waals surface area contributed by atoms with E-state index in [9.17, 15) is 0 Å². The Morgan fingerprint density at radius 1 is 1.40 bits per heavy atom. The van der Waals surface area contributed by atoms with Gasteiger partial charge in [0.15, 0.2) is 0 Å². The second-order valence-corrected chi connectivity index (χ2v) is 2.71. The number of hydrogen-bond donors (Lipinski definition) is 4. The lowest BCUT2D eigenvalue weighted by atomic mass is 9.99. The lowest BCUT2D eigenvalue weighted by Crippen LogP contribution is -2.66. The second kappa shape index (κ2) is 3.88. The third-order valence-electron chi connectivity index (χ3n) is 1.64. The summed E-state index contributed by atoms with van der Waals surface area (Å²) in [6.45, 7) is 2.26. The Kier molecular flexibility index (Phi) is 3.81. The van der Waals surface area contributed by atoms with Crippen molar-refractivity contribution in [3.05, 3.63) is 0 Å². The van der Waals surface area contributed by atoms with Gasteiger partial charge in [-0.1, -0.05) is 13.3 Å². The van der Waals surface area contributed by atoms with Crippen LogP contribution in [0.2, 0.25) is 0 Å². The lowest BCUT2D eigenvalue weighted by molar-refractivity contribution is 0.345. The minimum absolute atomic E-state index is 0.192. The molecule has 0 bridgehead atoms.